The first-order valence-electron chi connectivity index (χ1n) is 14.9. The van der Waals surface area contributed by atoms with Crippen LogP contribution in [0.15, 0.2) is 69.6 Å². The van der Waals surface area contributed by atoms with Crippen LogP contribution in [-0.2, 0) is 9.47 Å². The fraction of sp³-hybridized carbons (Fsp3) is 0.333. The molecule has 0 fully saturated rings. The van der Waals surface area contributed by atoms with Crippen LogP contribution in [0.5, 0.6) is 69.0 Å². The molecule has 52 heavy (non-hydrogen) atoms. The second-order valence-electron chi connectivity index (χ2n) is 9.41. The minimum Gasteiger partial charge on any atom is -0.508 e. The largest absolute Gasteiger partial charge is 0.508 e. The van der Waals surface area contributed by atoms with Crippen molar-refractivity contribution in [3.05, 3.63) is 69.6 Å². The van der Waals surface area contributed by atoms with Gasteiger partial charge in [-0.2, -0.15) is 0 Å². The Labute approximate surface area is 321 Å². The summed E-state index contributed by atoms with van der Waals surface area (Å²) < 4.78 is 61.8. The highest BCUT2D eigenvalue weighted by molar-refractivity contribution is 9.11. The predicted molar refractivity (Wildman–Crippen MR) is 202 cm³/mol. The van der Waals surface area contributed by atoms with E-state index in [2.05, 4.69) is 31.9 Å². The van der Waals surface area contributed by atoms with Crippen LogP contribution in [0.25, 0.3) is 0 Å². The fourth-order valence-corrected chi connectivity index (χ4v) is 4.94. The van der Waals surface area contributed by atoms with E-state index >= 15 is 0 Å². The molecule has 0 spiro atoms. The molecule has 0 aliphatic carbocycles. The molecular weight excluding hydrogens is 816 g/mol. The van der Waals surface area contributed by atoms with E-state index in [1.165, 1.54) is 26.4 Å². The number of hydrogen-bond acceptors (Lipinski definition) is 14. The van der Waals surface area contributed by atoms with E-state index in [9.17, 15) is 5.11 Å². The van der Waals surface area contributed by atoms with Gasteiger partial charge in [-0.1, -0.05) is 0 Å². The molecule has 2 N–H and O–H groups in total. The molecule has 0 aliphatic heterocycles. The fourth-order valence-electron chi connectivity index (χ4n) is 3.84. The molecule has 0 aliphatic rings. The van der Waals surface area contributed by atoms with Crippen molar-refractivity contribution >= 4 is 31.9 Å². The van der Waals surface area contributed by atoms with Crippen molar-refractivity contribution < 1.29 is 67.1 Å². The van der Waals surface area contributed by atoms with Crippen molar-refractivity contribution in [1.82, 2.24) is 0 Å². The number of ether oxygens (including phenoxy) is 12. The summed E-state index contributed by atoms with van der Waals surface area (Å²) >= 11 is 6.55. The van der Waals surface area contributed by atoms with E-state index in [4.69, 9.17) is 61.9 Å². The summed E-state index contributed by atoms with van der Waals surface area (Å²) in [5, 5.41) is 18.3. The van der Waals surface area contributed by atoms with E-state index in [1.54, 1.807) is 105 Å². The van der Waals surface area contributed by atoms with Gasteiger partial charge in [0.15, 0.2) is 59.6 Å². The molecule has 4 aromatic carbocycles. The first kappa shape index (κ1) is 45.4. The standard InChI is InChI=1S/C10H13BrO4.C10H14O4.C8H9BrO3.C8H10O3/c1-12-6-15-7-4-5-8(13-2)10(14-3)9(7)11;1-11-7-14-8-4-5-9(12-2)10(6-8)13-3;1-11-6-4-3-5(10)7(9)8(6)12-2;1-10-7-4-3-6(9)5-8(7)11-2/h4-5H,6H2,1-3H3;4-6H,7H2,1-3H3;3-4,10H,1-2H3;3-5,9H,1-2H3. The summed E-state index contributed by atoms with van der Waals surface area (Å²) in [5.74, 6) is 6.44. The number of rotatable bonds is 14. The highest BCUT2D eigenvalue weighted by Crippen LogP contribution is 2.42. The Morgan fingerprint density at radius 1 is 0.423 bits per heavy atom. The summed E-state index contributed by atoms with van der Waals surface area (Å²) in [4.78, 5) is 0. The number of hydrogen-bond donors (Lipinski definition) is 2. The monoisotopic (exact) mass is 860 g/mol. The minimum absolute atomic E-state index is 0.132. The van der Waals surface area contributed by atoms with Crippen molar-refractivity contribution in [2.75, 3.05) is 84.7 Å². The molecule has 0 bridgehead atoms. The van der Waals surface area contributed by atoms with E-state index in [1.807, 2.05) is 0 Å². The lowest BCUT2D eigenvalue weighted by molar-refractivity contribution is 0.0503. The van der Waals surface area contributed by atoms with Crippen LogP contribution < -0.4 is 47.4 Å². The molecule has 0 unspecified atom stereocenters. The molecule has 14 nitrogen and oxygen atoms in total. The average molecular weight is 863 g/mol. The van der Waals surface area contributed by atoms with E-state index in [0.29, 0.717) is 66.4 Å². The van der Waals surface area contributed by atoms with Crippen LogP contribution in [0.3, 0.4) is 0 Å². The Bertz CT molecular complexity index is 1620. The summed E-state index contributed by atoms with van der Waals surface area (Å²) in [7, 11) is 15.6. The second kappa shape index (κ2) is 25.3. The minimum atomic E-state index is 0.132. The highest BCUT2D eigenvalue weighted by atomic mass is 79.9. The molecule has 0 amide bonds. The van der Waals surface area contributed by atoms with Crippen LogP contribution >= 0.6 is 31.9 Å². The van der Waals surface area contributed by atoms with Gasteiger partial charge < -0.3 is 67.1 Å². The quantitative estimate of drug-likeness (QED) is 0.119. The van der Waals surface area contributed by atoms with Gasteiger partial charge in [0.25, 0.3) is 0 Å². The van der Waals surface area contributed by atoms with Gasteiger partial charge in [0, 0.05) is 26.4 Å². The molecule has 4 rings (SSSR count). The topological polar surface area (TPSA) is 151 Å². The predicted octanol–water partition coefficient (Wildman–Crippen LogP) is 7.72. The number of methoxy groups -OCH3 is 10. The van der Waals surface area contributed by atoms with Gasteiger partial charge >= 0.3 is 0 Å². The Kier molecular flexibility index (Phi) is 22.1. The molecule has 0 aromatic heterocycles. The first-order valence-corrected chi connectivity index (χ1v) is 16.5. The first-order chi connectivity index (χ1) is 25.0. The van der Waals surface area contributed by atoms with E-state index < -0.39 is 0 Å². The third kappa shape index (κ3) is 14.2. The van der Waals surface area contributed by atoms with Gasteiger partial charge in [-0.25, -0.2) is 0 Å². The van der Waals surface area contributed by atoms with Crippen molar-refractivity contribution in [1.29, 1.82) is 0 Å². The Hall–Kier alpha value is -4.64. The maximum atomic E-state index is 9.27. The summed E-state index contributed by atoms with van der Waals surface area (Å²) in [5.41, 5.74) is 0. The molecule has 0 radical (unpaired) electrons. The molecule has 0 heterocycles. The third-order valence-corrected chi connectivity index (χ3v) is 7.83. The van der Waals surface area contributed by atoms with Crippen molar-refractivity contribution in [2.24, 2.45) is 0 Å². The van der Waals surface area contributed by atoms with Crippen molar-refractivity contribution in [3.63, 3.8) is 0 Å². The second-order valence-corrected chi connectivity index (χ2v) is 11.0. The van der Waals surface area contributed by atoms with Crippen LogP contribution in [-0.4, -0.2) is 94.9 Å². The summed E-state index contributed by atoms with van der Waals surface area (Å²) in [6.45, 7) is 0.406. The Morgan fingerprint density at radius 3 is 1.35 bits per heavy atom. The van der Waals surface area contributed by atoms with Crippen molar-refractivity contribution in [3.8, 4) is 69.0 Å². The maximum absolute atomic E-state index is 9.27. The van der Waals surface area contributed by atoms with Crippen LogP contribution in [0.1, 0.15) is 0 Å². The smallest absolute Gasteiger partial charge is 0.188 e. The zero-order chi connectivity index (χ0) is 39.1. The lowest BCUT2D eigenvalue weighted by Crippen LogP contribution is -2.00. The van der Waals surface area contributed by atoms with E-state index in [-0.39, 0.29) is 25.1 Å². The zero-order valence-corrected chi connectivity index (χ0v) is 33.9. The van der Waals surface area contributed by atoms with Gasteiger partial charge in [0.2, 0.25) is 0 Å². The number of benzene rings is 4. The zero-order valence-electron chi connectivity index (χ0n) is 30.7. The molecule has 288 valence electrons. The number of phenols is 2. The SMILES string of the molecule is COCOc1ccc(OC)c(OC)c1.COCOc1ccc(OC)c(OC)c1Br.COc1ccc(O)c(Br)c1OC.COc1ccc(O)cc1OC. The van der Waals surface area contributed by atoms with Gasteiger partial charge in [-0.3, -0.25) is 0 Å². The molecule has 0 saturated heterocycles. The molecule has 0 saturated carbocycles. The lowest BCUT2D eigenvalue weighted by atomic mass is 10.3. The number of aromatic hydroxyl groups is 2. The third-order valence-electron chi connectivity index (χ3n) is 6.31. The normalized spacial score (nSPS) is 9.62. The molecule has 16 heteroatoms. The lowest BCUT2D eigenvalue weighted by Gasteiger charge is -2.13. The number of phenolic OH excluding ortho intramolecular Hbond substituents is 2. The Morgan fingerprint density at radius 2 is 0.846 bits per heavy atom. The van der Waals surface area contributed by atoms with E-state index in [0.717, 1.165) is 0 Å². The van der Waals surface area contributed by atoms with Gasteiger partial charge in [0.1, 0.15) is 31.9 Å². The Balaban J connectivity index is 0.000000349. The molecular formula is C36H46Br2O14. The van der Waals surface area contributed by atoms with Gasteiger partial charge in [-0.15, -0.1) is 0 Å². The molecule has 4 aromatic rings. The van der Waals surface area contributed by atoms with Gasteiger partial charge in [0.05, 0.1) is 56.9 Å². The van der Waals surface area contributed by atoms with Crippen LogP contribution in [0, 0.1) is 0 Å². The van der Waals surface area contributed by atoms with Crippen LogP contribution in [0.4, 0.5) is 0 Å². The van der Waals surface area contributed by atoms with Crippen molar-refractivity contribution in [2.45, 2.75) is 0 Å². The average Bonchev–Trinajstić information content (AvgIpc) is 3.17. The molecule has 0 atom stereocenters. The summed E-state index contributed by atoms with van der Waals surface area (Å²) in [6.07, 6.45) is 0. The van der Waals surface area contributed by atoms with Gasteiger partial charge in [-0.05, 0) is 80.4 Å². The van der Waals surface area contributed by atoms with Crippen LogP contribution in [0.2, 0.25) is 0 Å². The number of halogens is 2. The highest BCUT2D eigenvalue weighted by Gasteiger charge is 2.14. The maximum Gasteiger partial charge on any atom is 0.188 e. The summed E-state index contributed by atoms with van der Waals surface area (Å²) in [6, 6.07) is 16.7.